The number of halogens is 1. The van der Waals surface area contributed by atoms with Crippen molar-refractivity contribution in [3.05, 3.63) is 57.4 Å². The Hall–Kier alpha value is -2.73. The predicted molar refractivity (Wildman–Crippen MR) is 87.7 cm³/mol. The summed E-state index contributed by atoms with van der Waals surface area (Å²) in [6.07, 6.45) is 3.06. The molecule has 2 amide bonds. The Morgan fingerprint density at radius 2 is 2.12 bits per heavy atom. The standard InChI is InChI=1S/C17H12ClN3O3/c1-24-10-3-2-9(13(18)4-10)8-21-16(22)12-6-20-14-7-19-5-11(14)15(12)17(21)23/h2-6H,7-8H2,1H3. The first-order valence-corrected chi connectivity index (χ1v) is 7.68. The average Bonchev–Trinajstić information content (AvgIpc) is 3.15. The molecule has 2 aliphatic heterocycles. The first-order chi connectivity index (χ1) is 11.6. The number of benzene rings is 1. The van der Waals surface area contributed by atoms with Crippen LogP contribution in [-0.4, -0.2) is 35.0 Å². The van der Waals surface area contributed by atoms with E-state index < -0.39 is 0 Å². The van der Waals surface area contributed by atoms with Gasteiger partial charge >= 0.3 is 0 Å². The zero-order chi connectivity index (χ0) is 16.8. The summed E-state index contributed by atoms with van der Waals surface area (Å²) in [5.41, 5.74) is 2.74. The van der Waals surface area contributed by atoms with Gasteiger partial charge in [0.05, 0.1) is 37.0 Å². The van der Waals surface area contributed by atoms with Gasteiger partial charge in [0, 0.05) is 23.0 Å². The summed E-state index contributed by atoms with van der Waals surface area (Å²) in [6.45, 7) is 0.537. The minimum atomic E-state index is -0.363. The zero-order valence-corrected chi connectivity index (χ0v) is 13.5. The van der Waals surface area contributed by atoms with Gasteiger partial charge in [0.15, 0.2) is 0 Å². The molecule has 0 N–H and O–H groups in total. The highest BCUT2D eigenvalue weighted by Gasteiger charge is 2.39. The minimum Gasteiger partial charge on any atom is -0.497 e. The van der Waals surface area contributed by atoms with E-state index in [0.29, 0.717) is 39.6 Å². The van der Waals surface area contributed by atoms with Gasteiger partial charge in [0.25, 0.3) is 11.8 Å². The Balaban J connectivity index is 1.70. The number of imide groups is 1. The molecule has 120 valence electrons. The van der Waals surface area contributed by atoms with E-state index in [4.69, 9.17) is 16.3 Å². The van der Waals surface area contributed by atoms with Crippen molar-refractivity contribution < 1.29 is 14.3 Å². The maximum absolute atomic E-state index is 12.8. The summed E-state index contributed by atoms with van der Waals surface area (Å²) < 4.78 is 5.11. The number of hydrogen-bond acceptors (Lipinski definition) is 5. The molecule has 0 radical (unpaired) electrons. The van der Waals surface area contributed by atoms with Crippen LogP contribution in [0.5, 0.6) is 5.75 Å². The van der Waals surface area contributed by atoms with Gasteiger partial charge < -0.3 is 4.74 Å². The van der Waals surface area contributed by atoms with Gasteiger partial charge in [-0.05, 0) is 17.7 Å². The van der Waals surface area contributed by atoms with Crippen LogP contribution in [0.2, 0.25) is 5.02 Å². The number of hydrogen-bond donors (Lipinski definition) is 0. The lowest BCUT2D eigenvalue weighted by atomic mass is 10.1. The highest BCUT2D eigenvalue weighted by Crippen LogP contribution is 2.31. The van der Waals surface area contributed by atoms with Crippen molar-refractivity contribution in [1.82, 2.24) is 9.88 Å². The molecule has 0 fully saturated rings. The van der Waals surface area contributed by atoms with E-state index in [1.807, 2.05) is 0 Å². The van der Waals surface area contributed by atoms with Crippen molar-refractivity contribution in [1.29, 1.82) is 0 Å². The molecular formula is C17H12ClN3O3. The first-order valence-electron chi connectivity index (χ1n) is 7.30. The van der Waals surface area contributed by atoms with E-state index in [2.05, 4.69) is 9.98 Å². The number of rotatable bonds is 3. The molecule has 0 spiro atoms. The number of aliphatic imine (C=N–C) groups is 1. The maximum atomic E-state index is 12.8. The van der Waals surface area contributed by atoms with Crippen molar-refractivity contribution in [2.75, 3.05) is 7.11 Å². The Kier molecular flexibility index (Phi) is 3.35. The quantitative estimate of drug-likeness (QED) is 0.804. The SMILES string of the molecule is COc1ccc(CN2C(=O)c3cnc4c(c3C2=O)C=NC4)c(Cl)c1. The summed E-state index contributed by atoms with van der Waals surface area (Å²) >= 11 is 6.22. The molecule has 2 aliphatic rings. The number of ether oxygens (including phenoxy) is 1. The highest BCUT2D eigenvalue weighted by molar-refractivity contribution is 6.31. The third-order valence-corrected chi connectivity index (χ3v) is 4.54. The molecule has 24 heavy (non-hydrogen) atoms. The summed E-state index contributed by atoms with van der Waals surface area (Å²) in [7, 11) is 1.55. The highest BCUT2D eigenvalue weighted by atomic mass is 35.5. The van der Waals surface area contributed by atoms with E-state index in [-0.39, 0.29) is 18.4 Å². The zero-order valence-electron chi connectivity index (χ0n) is 12.7. The first kappa shape index (κ1) is 14.8. The van der Waals surface area contributed by atoms with Gasteiger partial charge in [-0.15, -0.1) is 0 Å². The monoisotopic (exact) mass is 341 g/mol. The lowest BCUT2D eigenvalue weighted by Crippen LogP contribution is -2.29. The van der Waals surface area contributed by atoms with E-state index >= 15 is 0 Å². The van der Waals surface area contributed by atoms with Gasteiger partial charge in [-0.3, -0.25) is 24.5 Å². The van der Waals surface area contributed by atoms with Crippen LogP contribution in [0.25, 0.3) is 0 Å². The van der Waals surface area contributed by atoms with Crippen molar-refractivity contribution >= 4 is 29.6 Å². The smallest absolute Gasteiger partial charge is 0.263 e. The van der Waals surface area contributed by atoms with E-state index in [1.54, 1.807) is 31.5 Å². The fourth-order valence-corrected chi connectivity index (χ4v) is 3.15. The molecule has 0 saturated heterocycles. The van der Waals surface area contributed by atoms with E-state index in [9.17, 15) is 9.59 Å². The molecule has 6 nitrogen and oxygen atoms in total. The van der Waals surface area contributed by atoms with Gasteiger partial charge in [0.1, 0.15) is 5.75 Å². The molecule has 3 heterocycles. The summed E-state index contributed by atoms with van der Waals surface area (Å²) in [5.74, 6) is -0.0873. The number of amides is 2. The molecule has 0 saturated carbocycles. The van der Waals surface area contributed by atoms with Crippen LogP contribution in [0.15, 0.2) is 29.4 Å². The molecule has 0 bridgehead atoms. The van der Waals surface area contributed by atoms with Crippen LogP contribution in [-0.2, 0) is 13.1 Å². The number of pyridine rings is 1. The molecule has 2 aromatic rings. The number of carbonyl (C=O) groups excluding carboxylic acids is 2. The van der Waals surface area contributed by atoms with Gasteiger partial charge in [-0.1, -0.05) is 17.7 Å². The number of fused-ring (bicyclic) bond motifs is 3. The molecule has 1 aromatic heterocycles. The third kappa shape index (κ3) is 2.11. The van der Waals surface area contributed by atoms with Crippen LogP contribution in [0.3, 0.4) is 0 Å². The third-order valence-electron chi connectivity index (χ3n) is 4.18. The topological polar surface area (TPSA) is 71.9 Å². The van der Waals surface area contributed by atoms with Crippen molar-refractivity contribution in [3.63, 3.8) is 0 Å². The van der Waals surface area contributed by atoms with Crippen molar-refractivity contribution in [2.45, 2.75) is 13.1 Å². The Morgan fingerprint density at radius 1 is 1.29 bits per heavy atom. The van der Waals surface area contributed by atoms with Gasteiger partial charge in [-0.25, -0.2) is 0 Å². The Bertz CT molecular complexity index is 924. The minimum absolute atomic E-state index is 0.0983. The number of nitrogens with zero attached hydrogens (tertiary/aromatic N) is 3. The summed E-state index contributed by atoms with van der Waals surface area (Å²) in [5, 5.41) is 0.441. The maximum Gasteiger partial charge on any atom is 0.263 e. The summed E-state index contributed by atoms with van der Waals surface area (Å²) in [6, 6.07) is 5.14. The largest absolute Gasteiger partial charge is 0.497 e. The fraction of sp³-hybridized carbons (Fsp3) is 0.176. The normalized spacial score (nSPS) is 15.0. The molecule has 0 unspecified atom stereocenters. The van der Waals surface area contributed by atoms with E-state index in [1.165, 1.54) is 11.1 Å². The van der Waals surface area contributed by atoms with Crippen molar-refractivity contribution in [3.8, 4) is 5.75 Å². The lowest BCUT2D eigenvalue weighted by Gasteiger charge is -2.15. The van der Waals surface area contributed by atoms with Gasteiger partial charge in [0.2, 0.25) is 0 Å². The Labute approximate surface area is 142 Å². The fourth-order valence-electron chi connectivity index (χ4n) is 2.92. The Morgan fingerprint density at radius 3 is 2.88 bits per heavy atom. The second-order valence-corrected chi connectivity index (χ2v) is 5.94. The summed E-state index contributed by atoms with van der Waals surface area (Å²) in [4.78, 5) is 34.9. The molecule has 4 rings (SSSR count). The molecule has 0 atom stereocenters. The predicted octanol–water partition coefficient (Wildman–Crippen LogP) is 2.47. The second kappa shape index (κ2) is 5.42. The van der Waals surface area contributed by atoms with Crippen molar-refractivity contribution in [2.24, 2.45) is 4.99 Å². The number of carbonyl (C=O) groups is 2. The van der Waals surface area contributed by atoms with Crippen LogP contribution in [0.4, 0.5) is 0 Å². The van der Waals surface area contributed by atoms with E-state index in [0.717, 1.165) is 5.69 Å². The van der Waals surface area contributed by atoms with Gasteiger partial charge in [-0.2, -0.15) is 0 Å². The van der Waals surface area contributed by atoms with Crippen LogP contribution >= 0.6 is 11.6 Å². The molecule has 0 aliphatic carbocycles. The van der Waals surface area contributed by atoms with Crippen LogP contribution in [0, 0.1) is 0 Å². The second-order valence-electron chi connectivity index (χ2n) is 5.53. The number of aromatic nitrogens is 1. The molecular weight excluding hydrogens is 330 g/mol. The van der Waals surface area contributed by atoms with Crippen LogP contribution in [0.1, 0.15) is 37.5 Å². The molecule has 7 heteroatoms. The molecule has 1 aromatic carbocycles. The average molecular weight is 342 g/mol. The van der Waals surface area contributed by atoms with Crippen LogP contribution < -0.4 is 4.74 Å². The number of methoxy groups -OCH3 is 1. The lowest BCUT2D eigenvalue weighted by molar-refractivity contribution is 0.0642.